The molecule has 0 aromatic carbocycles. The number of nitrogens with two attached hydrogens (primary N) is 1. The highest BCUT2D eigenvalue weighted by molar-refractivity contribution is 9.10. The second-order valence-electron chi connectivity index (χ2n) is 2.68. The highest BCUT2D eigenvalue weighted by Crippen LogP contribution is 2.23. The van der Waals surface area contributed by atoms with Crippen LogP contribution in [0.4, 0.5) is 5.82 Å². The van der Waals surface area contributed by atoms with Gasteiger partial charge in [-0.2, -0.15) is 0 Å². The van der Waals surface area contributed by atoms with Crippen LogP contribution in [0, 0.1) is 0 Å². The van der Waals surface area contributed by atoms with E-state index in [4.69, 9.17) is 5.73 Å². The molecule has 2 N–H and O–H groups in total. The molecule has 0 amide bonds. The van der Waals surface area contributed by atoms with Crippen LogP contribution in [-0.2, 0) is 0 Å². The zero-order valence-electron chi connectivity index (χ0n) is 7.59. The van der Waals surface area contributed by atoms with Crippen molar-refractivity contribution in [2.24, 2.45) is 0 Å². The zero-order chi connectivity index (χ0) is 10.7. The van der Waals surface area contributed by atoms with Crippen molar-refractivity contribution in [3.63, 3.8) is 0 Å². The van der Waals surface area contributed by atoms with Crippen molar-refractivity contribution in [3.05, 3.63) is 35.1 Å². The van der Waals surface area contributed by atoms with Crippen LogP contribution in [0.5, 0.6) is 0 Å². The van der Waals surface area contributed by atoms with Crippen molar-refractivity contribution in [2.45, 2.75) is 10.2 Å². The average molecular weight is 283 g/mol. The monoisotopic (exact) mass is 282 g/mol. The molecule has 15 heavy (non-hydrogen) atoms. The summed E-state index contributed by atoms with van der Waals surface area (Å²) in [4.78, 5) is 12.3. The Labute approximate surface area is 99.5 Å². The molecule has 0 saturated carbocycles. The Morgan fingerprint density at radius 3 is 2.73 bits per heavy atom. The first-order valence-electron chi connectivity index (χ1n) is 4.12. The van der Waals surface area contributed by atoms with E-state index in [0.29, 0.717) is 11.0 Å². The van der Waals surface area contributed by atoms with Crippen LogP contribution in [0.2, 0.25) is 0 Å². The smallest absolute Gasteiger partial charge is 0.195 e. The summed E-state index contributed by atoms with van der Waals surface area (Å²) in [6, 6.07) is 5.46. The number of hydrogen-bond donors (Lipinski definition) is 1. The van der Waals surface area contributed by atoms with Gasteiger partial charge >= 0.3 is 0 Å². The van der Waals surface area contributed by atoms with Gasteiger partial charge in [0.05, 0.1) is 0 Å². The Morgan fingerprint density at radius 2 is 2.07 bits per heavy atom. The fourth-order valence-electron chi connectivity index (χ4n) is 0.919. The number of nitrogen functional groups attached to an aromatic ring is 1. The average Bonchev–Trinajstić information content (AvgIpc) is 2.22. The third-order valence-corrected chi connectivity index (χ3v) is 2.85. The fraction of sp³-hybridized carbons (Fsp3) is 0. The molecular weight excluding hydrogens is 276 g/mol. The first-order valence-corrected chi connectivity index (χ1v) is 5.73. The van der Waals surface area contributed by atoms with E-state index in [-0.39, 0.29) is 0 Å². The van der Waals surface area contributed by atoms with Crippen molar-refractivity contribution < 1.29 is 0 Å². The topological polar surface area (TPSA) is 64.7 Å². The maximum atomic E-state index is 5.54. The third kappa shape index (κ3) is 2.90. The van der Waals surface area contributed by atoms with Crippen molar-refractivity contribution in [1.82, 2.24) is 15.0 Å². The molecule has 0 atom stereocenters. The molecule has 0 saturated heterocycles. The molecule has 0 aliphatic heterocycles. The minimum atomic E-state index is 0.463. The summed E-state index contributed by atoms with van der Waals surface area (Å²) in [5, 5.41) is 1.44. The number of aromatic nitrogens is 3. The van der Waals surface area contributed by atoms with Gasteiger partial charge in [0, 0.05) is 16.9 Å². The van der Waals surface area contributed by atoms with Crippen molar-refractivity contribution in [3.8, 4) is 0 Å². The van der Waals surface area contributed by atoms with Gasteiger partial charge in [0.1, 0.15) is 10.8 Å². The van der Waals surface area contributed by atoms with Gasteiger partial charge in [-0.15, -0.1) is 0 Å². The molecule has 4 nitrogen and oxygen atoms in total. The van der Waals surface area contributed by atoms with E-state index < -0.39 is 0 Å². The number of hydrogen-bond acceptors (Lipinski definition) is 5. The third-order valence-electron chi connectivity index (χ3n) is 1.55. The van der Waals surface area contributed by atoms with Gasteiger partial charge in [0.2, 0.25) is 0 Å². The Kier molecular flexibility index (Phi) is 3.17. The Bertz CT molecular complexity index is 460. The second-order valence-corrected chi connectivity index (χ2v) is 4.58. The van der Waals surface area contributed by atoms with Crippen LogP contribution in [0.1, 0.15) is 0 Å². The quantitative estimate of drug-likeness (QED) is 0.857. The number of nitrogens with zero attached hydrogens (tertiary/aromatic N) is 3. The minimum Gasteiger partial charge on any atom is -0.384 e. The summed E-state index contributed by atoms with van der Waals surface area (Å²) < 4.78 is 0.945. The van der Waals surface area contributed by atoms with Crippen molar-refractivity contribution in [2.75, 3.05) is 5.73 Å². The van der Waals surface area contributed by atoms with Crippen LogP contribution in [0.25, 0.3) is 0 Å². The van der Waals surface area contributed by atoms with Crippen LogP contribution >= 0.6 is 27.7 Å². The van der Waals surface area contributed by atoms with Crippen LogP contribution < -0.4 is 5.73 Å². The maximum absolute atomic E-state index is 5.54. The van der Waals surface area contributed by atoms with E-state index in [1.54, 1.807) is 18.5 Å². The van der Waals surface area contributed by atoms with E-state index in [0.717, 1.165) is 9.50 Å². The maximum Gasteiger partial charge on any atom is 0.195 e. The lowest BCUT2D eigenvalue weighted by molar-refractivity contribution is 0.968. The number of anilines is 1. The molecule has 0 spiro atoms. The molecule has 6 heteroatoms. The summed E-state index contributed by atoms with van der Waals surface area (Å²) in [5.41, 5.74) is 5.54. The lowest BCUT2D eigenvalue weighted by Crippen LogP contribution is -1.93. The molecule has 0 fully saturated rings. The lowest BCUT2D eigenvalue weighted by Gasteiger charge is -1.99. The van der Waals surface area contributed by atoms with Gasteiger partial charge in [-0.1, -0.05) is 0 Å². The lowest BCUT2D eigenvalue weighted by atomic mass is 10.5. The standard InChI is InChI=1S/C9H7BrN4S/c10-6-1-2-8(13-5-6)15-9-12-4-3-7(11)14-9/h1-5H,(H2,11,12,14). The SMILES string of the molecule is Nc1ccnc(Sc2ccc(Br)cn2)n1. The first-order chi connectivity index (χ1) is 7.24. The molecule has 0 aliphatic rings. The van der Waals surface area contributed by atoms with E-state index in [1.807, 2.05) is 12.1 Å². The van der Waals surface area contributed by atoms with Gasteiger partial charge in [-0.3, -0.25) is 0 Å². The summed E-state index contributed by atoms with van der Waals surface area (Å²) in [7, 11) is 0. The van der Waals surface area contributed by atoms with Crippen LogP contribution in [0.3, 0.4) is 0 Å². The van der Waals surface area contributed by atoms with E-state index in [9.17, 15) is 0 Å². The normalized spacial score (nSPS) is 10.2. The molecular formula is C9H7BrN4S. The molecule has 76 valence electrons. The highest BCUT2D eigenvalue weighted by Gasteiger charge is 2.01. The molecule has 2 aromatic rings. The first kappa shape index (κ1) is 10.4. The molecule has 2 heterocycles. The summed E-state index contributed by atoms with van der Waals surface area (Å²) >= 11 is 4.70. The predicted octanol–water partition coefficient (Wildman–Crippen LogP) is 2.37. The molecule has 2 rings (SSSR count). The molecule has 0 unspecified atom stereocenters. The van der Waals surface area contributed by atoms with Crippen molar-refractivity contribution in [1.29, 1.82) is 0 Å². The molecule has 2 aromatic heterocycles. The van der Waals surface area contributed by atoms with Gasteiger partial charge in [-0.25, -0.2) is 15.0 Å². The van der Waals surface area contributed by atoms with Crippen LogP contribution in [-0.4, -0.2) is 15.0 Å². The zero-order valence-corrected chi connectivity index (χ0v) is 9.99. The Morgan fingerprint density at radius 1 is 1.20 bits per heavy atom. The predicted molar refractivity (Wildman–Crippen MR) is 62.5 cm³/mol. The van der Waals surface area contributed by atoms with Gasteiger partial charge < -0.3 is 5.73 Å². The Hall–Kier alpha value is -1.14. The second kappa shape index (κ2) is 4.59. The summed E-state index contributed by atoms with van der Waals surface area (Å²) in [5.74, 6) is 0.463. The minimum absolute atomic E-state index is 0.463. The van der Waals surface area contributed by atoms with E-state index >= 15 is 0 Å². The molecule has 0 bridgehead atoms. The molecule has 0 radical (unpaired) electrons. The van der Waals surface area contributed by atoms with Crippen molar-refractivity contribution >= 4 is 33.5 Å². The summed E-state index contributed by atoms with van der Waals surface area (Å²) in [6.45, 7) is 0. The number of pyridine rings is 1. The molecule has 0 aliphatic carbocycles. The van der Waals surface area contributed by atoms with Gasteiger partial charge in [0.25, 0.3) is 0 Å². The van der Waals surface area contributed by atoms with E-state index in [1.165, 1.54) is 11.8 Å². The summed E-state index contributed by atoms with van der Waals surface area (Å²) in [6.07, 6.45) is 3.36. The highest BCUT2D eigenvalue weighted by atomic mass is 79.9. The van der Waals surface area contributed by atoms with E-state index in [2.05, 4.69) is 30.9 Å². The van der Waals surface area contributed by atoms with Gasteiger partial charge in [0.15, 0.2) is 5.16 Å². The number of halogens is 1. The van der Waals surface area contributed by atoms with Crippen LogP contribution in [0.15, 0.2) is 45.2 Å². The fourth-order valence-corrected chi connectivity index (χ4v) is 1.85. The Balaban J connectivity index is 2.18. The van der Waals surface area contributed by atoms with Gasteiger partial charge in [-0.05, 0) is 45.9 Å². The largest absolute Gasteiger partial charge is 0.384 e. The number of rotatable bonds is 2.